The summed E-state index contributed by atoms with van der Waals surface area (Å²) in [5.74, 6) is -0.289. The van der Waals surface area contributed by atoms with Crippen molar-refractivity contribution in [2.45, 2.75) is 192 Å². The number of aliphatic hydroxyl groups is 3. The second kappa shape index (κ2) is 20.9. The van der Waals surface area contributed by atoms with E-state index in [9.17, 15) is 20.1 Å². The molecule has 2 rings (SSSR count). The molecule has 39 heavy (non-hydrogen) atoms. The van der Waals surface area contributed by atoms with Crippen molar-refractivity contribution in [3.8, 4) is 0 Å². The third-order valence-corrected chi connectivity index (χ3v) is 8.53. The summed E-state index contributed by atoms with van der Waals surface area (Å²) in [6.45, 7) is 4.09. The van der Waals surface area contributed by atoms with Gasteiger partial charge in [0.1, 0.15) is 6.10 Å². The summed E-state index contributed by atoms with van der Waals surface area (Å²) in [5, 5.41) is 31.3. The molecule has 1 saturated heterocycles. The normalized spacial score (nSPS) is 23.6. The molecular formula is C33H60O6. The Hall–Kier alpha value is -0.950. The highest BCUT2D eigenvalue weighted by Crippen LogP contribution is 2.28. The van der Waals surface area contributed by atoms with Gasteiger partial charge in [-0.3, -0.25) is 0 Å². The van der Waals surface area contributed by atoms with Gasteiger partial charge in [0.2, 0.25) is 0 Å². The van der Waals surface area contributed by atoms with E-state index in [-0.39, 0.29) is 24.3 Å². The Kier molecular flexibility index (Phi) is 18.3. The van der Waals surface area contributed by atoms with E-state index in [1.165, 1.54) is 57.8 Å². The molecule has 228 valence electrons. The van der Waals surface area contributed by atoms with Crippen molar-refractivity contribution < 1.29 is 29.6 Å². The van der Waals surface area contributed by atoms with Crippen LogP contribution in [0, 0.1) is 0 Å². The number of cyclic esters (lactones) is 1. The van der Waals surface area contributed by atoms with Crippen molar-refractivity contribution >= 4 is 5.97 Å². The van der Waals surface area contributed by atoms with E-state index in [0.717, 1.165) is 70.6 Å². The average molecular weight is 553 g/mol. The summed E-state index contributed by atoms with van der Waals surface area (Å²) in [5.41, 5.74) is 0.606. The van der Waals surface area contributed by atoms with Crippen LogP contribution in [0.2, 0.25) is 0 Å². The second-order valence-corrected chi connectivity index (χ2v) is 12.3. The molecule has 0 radical (unpaired) electrons. The van der Waals surface area contributed by atoms with Crippen LogP contribution in [0.3, 0.4) is 0 Å². The molecule has 6 heteroatoms. The minimum absolute atomic E-state index is 0.113. The lowest BCUT2D eigenvalue weighted by atomic mass is 9.99. The van der Waals surface area contributed by atoms with E-state index in [1.807, 2.05) is 6.92 Å². The zero-order valence-electron chi connectivity index (χ0n) is 25.2. The van der Waals surface area contributed by atoms with Crippen molar-refractivity contribution in [1.82, 2.24) is 0 Å². The molecule has 6 atom stereocenters. The van der Waals surface area contributed by atoms with E-state index < -0.39 is 18.3 Å². The van der Waals surface area contributed by atoms with E-state index >= 15 is 0 Å². The van der Waals surface area contributed by atoms with Crippen LogP contribution >= 0.6 is 0 Å². The maximum atomic E-state index is 11.6. The standard InChI is InChI=1S/C33H60O6/c1-3-4-5-6-7-8-9-10-14-17-20-29(35)31-22-23-32(39-31)30(36)21-18-15-12-11-13-16-19-28(34)25-27-24-26(2)38-33(27)37/h24,26,28-32,34-36H,3-23,25H2,1-2H3. The SMILES string of the molecule is CCCCCCCCCCCCC(O)C1CCC(C(O)CCCCCCCCC(O)CC2=CC(C)OC2=O)O1. The lowest BCUT2D eigenvalue weighted by molar-refractivity contribution is -0.139. The molecular weight excluding hydrogens is 492 g/mol. The van der Waals surface area contributed by atoms with Gasteiger partial charge in [-0.1, -0.05) is 110 Å². The molecule has 2 aliphatic heterocycles. The second-order valence-electron chi connectivity index (χ2n) is 12.3. The first-order valence-electron chi connectivity index (χ1n) is 16.5. The van der Waals surface area contributed by atoms with Crippen molar-refractivity contribution in [1.29, 1.82) is 0 Å². The molecule has 2 heterocycles. The largest absolute Gasteiger partial charge is 0.455 e. The van der Waals surface area contributed by atoms with Gasteiger partial charge in [-0.15, -0.1) is 0 Å². The predicted octanol–water partition coefficient (Wildman–Crippen LogP) is 7.31. The maximum absolute atomic E-state index is 11.6. The van der Waals surface area contributed by atoms with Crippen LogP contribution in [-0.4, -0.2) is 57.9 Å². The fraction of sp³-hybridized carbons (Fsp3) is 0.909. The summed E-state index contributed by atoms with van der Waals surface area (Å²) < 4.78 is 11.1. The van der Waals surface area contributed by atoms with Gasteiger partial charge in [0.25, 0.3) is 0 Å². The Morgan fingerprint density at radius 3 is 1.59 bits per heavy atom. The van der Waals surface area contributed by atoms with Crippen molar-refractivity contribution in [2.24, 2.45) is 0 Å². The van der Waals surface area contributed by atoms with E-state index in [2.05, 4.69) is 6.92 Å². The molecule has 6 unspecified atom stereocenters. The minimum atomic E-state index is -0.479. The summed E-state index contributed by atoms with van der Waals surface area (Å²) in [6, 6.07) is 0. The lowest BCUT2D eigenvalue weighted by Crippen LogP contribution is -2.31. The maximum Gasteiger partial charge on any atom is 0.334 e. The fourth-order valence-corrected chi connectivity index (χ4v) is 6.05. The van der Waals surface area contributed by atoms with Crippen LogP contribution in [0.15, 0.2) is 11.6 Å². The Labute approximate surface area is 238 Å². The molecule has 0 aromatic rings. The monoisotopic (exact) mass is 552 g/mol. The molecule has 2 aliphatic rings. The van der Waals surface area contributed by atoms with Gasteiger partial charge in [-0.05, 0) is 45.1 Å². The van der Waals surface area contributed by atoms with Gasteiger partial charge >= 0.3 is 5.97 Å². The topological polar surface area (TPSA) is 96.2 Å². The van der Waals surface area contributed by atoms with Crippen molar-refractivity contribution in [2.75, 3.05) is 0 Å². The average Bonchev–Trinajstić information content (AvgIpc) is 3.53. The van der Waals surface area contributed by atoms with Crippen molar-refractivity contribution in [3.63, 3.8) is 0 Å². The van der Waals surface area contributed by atoms with Crippen molar-refractivity contribution in [3.05, 3.63) is 11.6 Å². The number of rotatable bonds is 24. The van der Waals surface area contributed by atoms with E-state index in [1.54, 1.807) is 6.08 Å². The van der Waals surface area contributed by atoms with Crippen LogP contribution in [0.4, 0.5) is 0 Å². The number of aliphatic hydroxyl groups excluding tert-OH is 3. The smallest absolute Gasteiger partial charge is 0.334 e. The van der Waals surface area contributed by atoms with Crippen LogP contribution in [-0.2, 0) is 14.3 Å². The zero-order valence-corrected chi connectivity index (χ0v) is 25.2. The first kappa shape index (κ1) is 34.3. The molecule has 3 N–H and O–H groups in total. The number of ether oxygens (including phenoxy) is 2. The van der Waals surface area contributed by atoms with Gasteiger partial charge in [-0.25, -0.2) is 4.79 Å². The van der Waals surface area contributed by atoms with Gasteiger partial charge in [0.15, 0.2) is 0 Å². The number of unbranched alkanes of at least 4 members (excludes halogenated alkanes) is 14. The van der Waals surface area contributed by atoms with Gasteiger partial charge < -0.3 is 24.8 Å². The number of hydrogen-bond donors (Lipinski definition) is 3. The predicted molar refractivity (Wildman–Crippen MR) is 158 cm³/mol. The zero-order chi connectivity index (χ0) is 28.3. The Balaban J connectivity index is 1.40. The highest BCUT2D eigenvalue weighted by atomic mass is 16.5. The van der Waals surface area contributed by atoms with Crippen LogP contribution < -0.4 is 0 Å². The van der Waals surface area contributed by atoms with Gasteiger partial charge in [-0.2, -0.15) is 0 Å². The summed E-state index contributed by atoms with van der Waals surface area (Å²) in [7, 11) is 0. The molecule has 0 bridgehead atoms. The Morgan fingerprint density at radius 1 is 0.718 bits per heavy atom. The van der Waals surface area contributed by atoms with Crippen LogP contribution in [0.5, 0.6) is 0 Å². The first-order valence-corrected chi connectivity index (χ1v) is 16.5. The molecule has 1 fully saturated rings. The molecule has 0 aromatic carbocycles. The first-order chi connectivity index (χ1) is 18.9. The van der Waals surface area contributed by atoms with Crippen LogP contribution in [0.1, 0.15) is 155 Å². The summed E-state index contributed by atoms with van der Waals surface area (Å²) >= 11 is 0. The van der Waals surface area contributed by atoms with E-state index in [0.29, 0.717) is 18.4 Å². The highest BCUT2D eigenvalue weighted by molar-refractivity contribution is 5.90. The fourth-order valence-electron chi connectivity index (χ4n) is 6.05. The van der Waals surface area contributed by atoms with Gasteiger partial charge in [0, 0.05) is 12.0 Å². The number of esters is 1. The number of carbonyl (C=O) groups is 1. The van der Waals surface area contributed by atoms with Crippen LogP contribution in [0.25, 0.3) is 0 Å². The Morgan fingerprint density at radius 2 is 1.15 bits per heavy atom. The summed E-state index contributed by atoms with van der Waals surface area (Å²) in [4.78, 5) is 11.6. The van der Waals surface area contributed by atoms with Gasteiger partial charge in [0.05, 0.1) is 30.5 Å². The molecule has 6 nitrogen and oxygen atoms in total. The third kappa shape index (κ3) is 15.0. The summed E-state index contributed by atoms with van der Waals surface area (Å²) in [6.07, 6.45) is 23.8. The minimum Gasteiger partial charge on any atom is -0.455 e. The quantitative estimate of drug-likeness (QED) is 0.0858. The lowest BCUT2D eigenvalue weighted by Gasteiger charge is -2.22. The third-order valence-electron chi connectivity index (χ3n) is 8.53. The Bertz CT molecular complexity index is 665. The molecule has 0 spiro atoms. The van der Waals surface area contributed by atoms with E-state index in [4.69, 9.17) is 9.47 Å². The molecule has 0 aromatic heterocycles. The number of hydrogen-bond acceptors (Lipinski definition) is 6. The highest BCUT2D eigenvalue weighted by Gasteiger charge is 2.34. The molecule has 0 saturated carbocycles. The molecule has 0 amide bonds. The molecule has 0 aliphatic carbocycles. The number of carbonyl (C=O) groups excluding carboxylic acids is 1.